The summed E-state index contributed by atoms with van der Waals surface area (Å²) in [6.07, 6.45) is 0. The van der Waals surface area contributed by atoms with Crippen molar-refractivity contribution in [2.24, 2.45) is 11.8 Å². The number of carboxylic acids is 1. The third kappa shape index (κ3) is 2.52. The van der Waals surface area contributed by atoms with E-state index in [4.69, 9.17) is 74.3 Å². The van der Waals surface area contributed by atoms with Crippen molar-refractivity contribution in [3.05, 3.63) is 34.3 Å². The number of benzene rings is 1. The van der Waals surface area contributed by atoms with Gasteiger partial charge in [-0.15, -0.1) is 23.2 Å². The average molecular weight is 494 g/mol. The molecule has 0 unspecified atom stereocenters. The number of aliphatic carboxylic acids is 1. The Morgan fingerprint density at radius 1 is 1.04 bits per heavy atom. The first-order chi connectivity index (χ1) is 12.5. The highest BCUT2D eigenvalue weighted by molar-refractivity contribution is 6.66. The van der Waals surface area contributed by atoms with E-state index in [1.165, 1.54) is 7.11 Å². The highest BCUT2D eigenvalue weighted by Crippen LogP contribution is 2.76. The van der Waals surface area contributed by atoms with Crippen molar-refractivity contribution in [2.75, 3.05) is 12.4 Å². The Morgan fingerprint density at radius 3 is 2.07 bits per heavy atom. The number of methoxy groups -OCH3 is 1. The molecule has 0 saturated heterocycles. The minimum absolute atomic E-state index is 0.261. The van der Waals surface area contributed by atoms with Crippen LogP contribution >= 0.6 is 69.6 Å². The van der Waals surface area contributed by atoms with E-state index >= 15 is 0 Å². The van der Waals surface area contributed by atoms with Gasteiger partial charge in [-0.2, -0.15) is 0 Å². The molecular weight excluding hydrogens is 483 g/mol. The fourth-order valence-electron chi connectivity index (χ4n) is 3.59. The number of halogens is 6. The standard InChI is InChI=1S/C16H11Cl6NO4/c1-27-7-5-3-2-4-6(7)23-12(24)8-9(13(25)26)15(20)11(18)10(17)14(8,19)16(15,21)22/h2-5,8-9H,1H3,(H,23,24)(H,25,26)/t8-,9-,14+,15+/m1/s1. The van der Waals surface area contributed by atoms with Gasteiger partial charge >= 0.3 is 5.97 Å². The van der Waals surface area contributed by atoms with Crippen LogP contribution in [0.2, 0.25) is 0 Å². The van der Waals surface area contributed by atoms with Crippen molar-refractivity contribution < 1.29 is 19.4 Å². The molecule has 5 nitrogen and oxygen atoms in total. The van der Waals surface area contributed by atoms with Gasteiger partial charge in [-0.3, -0.25) is 9.59 Å². The van der Waals surface area contributed by atoms with Gasteiger partial charge in [0.05, 0.1) is 34.7 Å². The van der Waals surface area contributed by atoms with Gasteiger partial charge in [0.2, 0.25) is 5.91 Å². The van der Waals surface area contributed by atoms with Crippen LogP contribution in [0.25, 0.3) is 0 Å². The van der Waals surface area contributed by atoms with Crippen LogP contribution in [0.4, 0.5) is 5.69 Å². The number of para-hydroxylation sites is 2. The molecule has 1 aromatic rings. The van der Waals surface area contributed by atoms with Crippen molar-refractivity contribution in [2.45, 2.75) is 14.1 Å². The van der Waals surface area contributed by atoms with Gasteiger partial charge in [0.25, 0.3) is 0 Å². The predicted molar refractivity (Wildman–Crippen MR) is 107 cm³/mol. The lowest BCUT2D eigenvalue weighted by atomic mass is 9.81. The average Bonchev–Trinajstić information content (AvgIpc) is 2.82. The van der Waals surface area contributed by atoms with E-state index in [1.54, 1.807) is 24.3 Å². The fourth-order valence-corrected chi connectivity index (χ4v) is 6.52. The smallest absolute Gasteiger partial charge is 0.309 e. The van der Waals surface area contributed by atoms with Gasteiger partial charge in [-0.05, 0) is 12.1 Å². The molecule has 0 aliphatic heterocycles. The second-order valence-corrected chi connectivity index (χ2v) is 9.38. The van der Waals surface area contributed by atoms with Crippen LogP contribution in [-0.4, -0.2) is 38.2 Å². The van der Waals surface area contributed by atoms with E-state index in [9.17, 15) is 14.7 Å². The zero-order chi connectivity index (χ0) is 20.4. The van der Waals surface area contributed by atoms with Gasteiger partial charge < -0.3 is 15.2 Å². The highest BCUT2D eigenvalue weighted by Gasteiger charge is 2.85. The number of carbonyl (C=O) groups is 2. The van der Waals surface area contributed by atoms with Crippen LogP contribution in [0.5, 0.6) is 5.75 Å². The molecule has 146 valence electrons. The molecule has 2 N–H and O–H groups in total. The molecule has 1 amide bonds. The first kappa shape index (κ1) is 21.2. The molecule has 2 aliphatic carbocycles. The summed E-state index contributed by atoms with van der Waals surface area (Å²) in [6, 6.07) is 6.53. The number of nitrogens with one attached hydrogen (secondary N) is 1. The van der Waals surface area contributed by atoms with Crippen molar-refractivity contribution >= 4 is 87.2 Å². The third-order valence-electron chi connectivity index (χ3n) is 4.85. The Labute approximate surface area is 184 Å². The number of carboxylic acid groups (broad SMARTS) is 1. The number of amides is 1. The Bertz CT molecular complexity index is 874. The molecule has 1 saturated carbocycles. The number of carbonyl (C=O) groups excluding carboxylic acids is 1. The number of anilines is 1. The van der Waals surface area contributed by atoms with E-state index in [2.05, 4.69) is 5.32 Å². The molecule has 0 spiro atoms. The van der Waals surface area contributed by atoms with E-state index in [0.717, 1.165) is 0 Å². The summed E-state index contributed by atoms with van der Waals surface area (Å²) in [5.41, 5.74) is 0.293. The number of hydrogen-bond donors (Lipinski definition) is 2. The summed E-state index contributed by atoms with van der Waals surface area (Å²) in [5.74, 6) is -5.02. The third-order valence-corrected chi connectivity index (χ3v) is 9.11. The largest absolute Gasteiger partial charge is 0.495 e. The molecular formula is C16H11Cl6NO4. The molecule has 0 aromatic heterocycles. The molecule has 27 heavy (non-hydrogen) atoms. The monoisotopic (exact) mass is 491 g/mol. The molecule has 0 heterocycles. The lowest BCUT2D eigenvalue weighted by molar-refractivity contribution is -0.146. The summed E-state index contributed by atoms with van der Waals surface area (Å²) in [6.45, 7) is 0. The maximum Gasteiger partial charge on any atom is 0.309 e. The Balaban J connectivity index is 2.12. The van der Waals surface area contributed by atoms with Gasteiger partial charge in [0.1, 0.15) is 15.5 Å². The summed E-state index contributed by atoms with van der Waals surface area (Å²) in [5, 5.41) is 11.8. The second kappa shape index (κ2) is 6.75. The van der Waals surface area contributed by atoms with Crippen LogP contribution in [-0.2, 0) is 9.59 Å². The Hall–Kier alpha value is -0.560. The van der Waals surface area contributed by atoms with Crippen LogP contribution in [0.1, 0.15) is 0 Å². The first-order valence-electron chi connectivity index (χ1n) is 7.44. The van der Waals surface area contributed by atoms with Crippen LogP contribution in [0.3, 0.4) is 0 Å². The quantitative estimate of drug-likeness (QED) is 0.591. The van der Waals surface area contributed by atoms with E-state index in [-0.39, 0.29) is 10.1 Å². The molecule has 2 aliphatic rings. The molecule has 1 aromatic carbocycles. The molecule has 2 bridgehead atoms. The minimum Gasteiger partial charge on any atom is -0.495 e. The zero-order valence-electron chi connectivity index (χ0n) is 13.4. The zero-order valence-corrected chi connectivity index (χ0v) is 17.9. The summed E-state index contributed by atoms with van der Waals surface area (Å²) in [7, 11) is 1.42. The topological polar surface area (TPSA) is 75.6 Å². The normalized spacial score (nSPS) is 33.9. The van der Waals surface area contributed by atoms with Gasteiger partial charge in [0.15, 0.2) is 4.33 Å². The van der Waals surface area contributed by atoms with Crippen molar-refractivity contribution in [3.8, 4) is 5.75 Å². The van der Waals surface area contributed by atoms with Crippen molar-refractivity contribution in [3.63, 3.8) is 0 Å². The van der Waals surface area contributed by atoms with Crippen molar-refractivity contribution in [1.29, 1.82) is 0 Å². The number of hydrogen-bond acceptors (Lipinski definition) is 3. The lowest BCUT2D eigenvalue weighted by Crippen LogP contribution is -2.47. The van der Waals surface area contributed by atoms with E-state index < -0.39 is 37.8 Å². The van der Waals surface area contributed by atoms with E-state index in [1.807, 2.05) is 0 Å². The van der Waals surface area contributed by atoms with Crippen LogP contribution in [0, 0.1) is 11.8 Å². The minimum atomic E-state index is -2.15. The maximum absolute atomic E-state index is 13.1. The molecule has 1 fully saturated rings. The number of ether oxygens (including phenoxy) is 1. The first-order valence-corrected chi connectivity index (χ1v) is 9.71. The highest BCUT2D eigenvalue weighted by atomic mass is 35.5. The summed E-state index contributed by atoms with van der Waals surface area (Å²) < 4.78 is 3.02. The molecule has 11 heteroatoms. The lowest BCUT2D eigenvalue weighted by Gasteiger charge is -2.33. The number of fused-ring (bicyclic) bond motifs is 2. The SMILES string of the molecule is COc1ccccc1NC(=O)[C@H]1[C@H](C(=O)O)[C@]2(Cl)C(Cl)=C(Cl)[C@]1(Cl)C2(Cl)Cl. The van der Waals surface area contributed by atoms with Gasteiger partial charge in [-0.25, -0.2) is 0 Å². The van der Waals surface area contributed by atoms with Crippen molar-refractivity contribution in [1.82, 2.24) is 0 Å². The number of alkyl halides is 4. The van der Waals surface area contributed by atoms with Gasteiger partial charge in [-0.1, -0.05) is 58.5 Å². The molecule has 0 radical (unpaired) electrons. The van der Waals surface area contributed by atoms with Crippen LogP contribution < -0.4 is 10.1 Å². The number of rotatable bonds is 4. The number of allylic oxidation sites excluding steroid dienone is 2. The predicted octanol–water partition coefficient (Wildman–Crippen LogP) is 4.80. The van der Waals surface area contributed by atoms with Gasteiger partial charge in [0, 0.05) is 0 Å². The summed E-state index contributed by atoms with van der Waals surface area (Å²) >= 11 is 38.1. The second-order valence-electron chi connectivity index (χ2n) is 6.11. The fraction of sp³-hybridized carbons (Fsp3) is 0.375. The molecule has 4 atom stereocenters. The Morgan fingerprint density at radius 2 is 1.56 bits per heavy atom. The van der Waals surface area contributed by atoms with E-state index in [0.29, 0.717) is 11.4 Å². The maximum atomic E-state index is 13.1. The summed E-state index contributed by atoms with van der Waals surface area (Å²) in [4.78, 5) is 20.9. The molecule has 3 rings (SSSR count). The Kier molecular flexibility index (Phi) is 5.29. The van der Waals surface area contributed by atoms with Crippen LogP contribution in [0.15, 0.2) is 34.3 Å².